The molecule has 0 fully saturated rings. The van der Waals surface area contributed by atoms with Gasteiger partial charge in [-0.2, -0.15) is 5.10 Å². The number of aromatic nitrogens is 2. The van der Waals surface area contributed by atoms with Crippen molar-refractivity contribution in [2.75, 3.05) is 0 Å². The maximum Gasteiger partial charge on any atom is 0.107 e. The second-order valence-electron chi connectivity index (χ2n) is 5.74. The lowest BCUT2D eigenvalue weighted by atomic mass is 10.1. The predicted octanol–water partition coefficient (Wildman–Crippen LogP) is 3.25. The summed E-state index contributed by atoms with van der Waals surface area (Å²) in [5.41, 5.74) is 9.66. The Bertz CT molecular complexity index is 603. The molecule has 0 atom stereocenters. The van der Waals surface area contributed by atoms with Crippen LogP contribution in [0.15, 0.2) is 30.5 Å². The number of aryl methyl sites for hydroxylation is 1. The first-order valence-electron chi connectivity index (χ1n) is 6.26. The minimum absolute atomic E-state index is 0.0948. The fourth-order valence-corrected chi connectivity index (χ4v) is 1.97. The molecule has 0 aliphatic rings. The number of hydrogen-bond donors (Lipinski definition) is 1. The topological polar surface area (TPSA) is 43.8 Å². The van der Waals surface area contributed by atoms with Crippen LogP contribution in [0, 0.1) is 6.92 Å². The molecule has 0 unspecified atom stereocenters. The summed E-state index contributed by atoms with van der Waals surface area (Å²) in [6.45, 7) is 8.36. The zero-order valence-corrected chi connectivity index (χ0v) is 12.6. The third-order valence-electron chi connectivity index (χ3n) is 2.99. The summed E-state index contributed by atoms with van der Waals surface area (Å²) in [5.74, 6) is 0. The van der Waals surface area contributed by atoms with Crippen molar-refractivity contribution in [3.05, 3.63) is 41.6 Å². The van der Waals surface area contributed by atoms with E-state index in [1.54, 1.807) is 0 Å². The van der Waals surface area contributed by atoms with Crippen molar-refractivity contribution in [1.82, 2.24) is 9.78 Å². The van der Waals surface area contributed by atoms with Gasteiger partial charge in [0.1, 0.15) is 10.7 Å². The molecule has 3 nitrogen and oxygen atoms in total. The maximum absolute atomic E-state index is 5.82. The van der Waals surface area contributed by atoms with E-state index < -0.39 is 0 Å². The first-order chi connectivity index (χ1) is 8.79. The van der Waals surface area contributed by atoms with Gasteiger partial charge in [-0.25, -0.2) is 0 Å². The Kier molecular flexibility index (Phi) is 3.45. The molecule has 0 bridgehead atoms. The monoisotopic (exact) mass is 273 g/mol. The highest BCUT2D eigenvalue weighted by atomic mass is 32.1. The molecule has 0 saturated heterocycles. The van der Waals surface area contributed by atoms with Crippen LogP contribution in [0.3, 0.4) is 0 Å². The van der Waals surface area contributed by atoms with Crippen LogP contribution in [0.5, 0.6) is 0 Å². The van der Waals surface area contributed by atoms with Gasteiger partial charge in [-0.1, -0.05) is 42.0 Å². The van der Waals surface area contributed by atoms with E-state index in [4.69, 9.17) is 18.0 Å². The van der Waals surface area contributed by atoms with Crippen LogP contribution in [-0.2, 0) is 5.54 Å². The van der Waals surface area contributed by atoms with Gasteiger partial charge in [-0.05, 0) is 27.7 Å². The van der Waals surface area contributed by atoms with Gasteiger partial charge in [0.05, 0.1) is 11.1 Å². The SMILES string of the molecule is Cc1ccc(-c2nn(C(C)(C)C)cc2C(N)=S)cc1. The Morgan fingerprint density at radius 3 is 2.26 bits per heavy atom. The molecule has 2 N–H and O–H groups in total. The van der Waals surface area contributed by atoms with Crippen LogP contribution in [0.1, 0.15) is 31.9 Å². The summed E-state index contributed by atoms with van der Waals surface area (Å²) in [6.07, 6.45) is 1.93. The van der Waals surface area contributed by atoms with E-state index in [9.17, 15) is 0 Å². The van der Waals surface area contributed by atoms with Crippen LogP contribution < -0.4 is 5.73 Å². The summed E-state index contributed by atoms with van der Waals surface area (Å²) >= 11 is 5.14. The van der Waals surface area contributed by atoms with Crippen molar-refractivity contribution in [1.29, 1.82) is 0 Å². The fraction of sp³-hybridized carbons (Fsp3) is 0.333. The van der Waals surface area contributed by atoms with Crippen LogP contribution in [0.4, 0.5) is 0 Å². The Balaban J connectivity index is 2.58. The highest BCUT2D eigenvalue weighted by Gasteiger charge is 2.20. The molecule has 0 amide bonds. The molecule has 1 aromatic heterocycles. The molecule has 0 aliphatic carbocycles. The highest BCUT2D eigenvalue weighted by molar-refractivity contribution is 7.80. The van der Waals surface area contributed by atoms with Crippen LogP contribution in [-0.4, -0.2) is 14.8 Å². The lowest BCUT2D eigenvalue weighted by Crippen LogP contribution is -2.22. The summed E-state index contributed by atoms with van der Waals surface area (Å²) in [5, 5.41) is 4.65. The molecule has 4 heteroatoms. The molecule has 19 heavy (non-hydrogen) atoms. The van der Waals surface area contributed by atoms with E-state index >= 15 is 0 Å². The van der Waals surface area contributed by atoms with Gasteiger partial charge in [0.2, 0.25) is 0 Å². The molecule has 1 heterocycles. The number of benzene rings is 1. The van der Waals surface area contributed by atoms with Crippen LogP contribution >= 0.6 is 12.2 Å². The Hall–Kier alpha value is -1.68. The van der Waals surface area contributed by atoms with Crippen molar-refractivity contribution in [2.24, 2.45) is 5.73 Å². The van der Waals surface area contributed by atoms with E-state index in [1.165, 1.54) is 5.56 Å². The average Bonchev–Trinajstić information content (AvgIpc) is 2.74. The van der Waals surface area contributed by atoms with E-state index in [1.807, 2.05) is 23.0 Å². The van der Waals surface area contributed by atoms with E-state index in [0.717, 1.165) is 16.8 Å². The van der Waals surface area contributed by atoms with E-state index in [2.05, 4.69) is 44.9 Å². The van der Waals surface area contributed by atoms with Crippen molar-refractivity contribution in [3.8, 4) is 11.3 Å². The number of nitrogens with zero attached hydrogens (tertiary/aromatic N) is 2. The summed E-state index contributed by atoms with van der Waals surface area (Å²) < 4.78 is 1.91. The molecular weight excluding hydrogens is 254 g/mol. The molecule has 1 aromatic carbocycles. The van der Waals surface area contributed by atoms with Crippen molar-refractivity contribution in [3.63, 3.8) is 0 Å². The van der Waals surface area contributed by atoms with E-state index in [-0.39, 0.29) is 5.54 Å². The molecule has 0 aliphatic heterocycles. The lowest BCUT2D eigenvalue weighted by molar-refractivity contribution is 0.356. The first kappa shape index (κ1) is 13.7. The Labute approximate surface area is 119 Å². The standard InChI is InChI=1S/C15H19N3S/c1-10-5-7-11(8-6-10)13-12(14(16)19)9-18(17-13)15(2,3)4/h5-9H,1-4H3,(H2,16,19). The largest absolute Gasteiger partial charge is 0.389 e. The van der Waals surface area contributed by atoms with Crippen LogP contribution in [0.25, 0.3) is 11.3 Å². The normalized spacial score (nSPS) is 11.6. The Morgan fingerprint density at radius 2 is 1.79 bits per heavy atom. The van der Waals surface area contributed by atoms with Gasteiger partial charge in [0.15, 0.2) is 0 Å². The van der Waals surface area contributed by atoms with Crippen molar-refractivity contribution in [2.45, 2.75) is 33.2 Å². The third-order valence-corrected chi connectivity index (χ3v) is 3.21. The molecule has 0 radical (unpaired) electrons. The van der Waals surface area contributed by atoms with Crippen LogP contribution in [0.2, 0.25) is 0 Å². The summed E-state index contributed by atoms with van der Waals surface area (Å²) in [4.78, 5) is 0.381. The molecule has 0 spiro atoms. The predicted molar refractivity (Wildman–Crippen MR) is 83.3 cm³/mol. The van der Waals surface area contributed by atoms with Gasteiger partial charge in [-0.15, -0.1) is 0 Å². The lowest BCUT2D eigenvalue weighted by Gasteiger charge is -2.18. The second-order valence-corrected chi connectivity index (χ2v) is 6.18. The molecular formula is C15H19N3S. The molecule has 0 saturated carbocycles. The minimum Gasteiger partial charge on any atom is -0.389 e. The van der Waals surface area contributed by atoms with Gasteiger partial charge >= 0.3 is 0 Å². The van der Waals surface area contributed by atoms with Gasteiger partial charge in [0, 0.05) is 11.8 Å². The van der Waals surface area contributed by atoms with Crippen molar-refractivity contribution >= 4 is 17.2 Å². The smallest absolute Gasteiger partial charge is 0.107 e. The number of rotatable bonds is 2. The van der Waals surface area contributed by atoms with Gasteiger partial charge in [0.25, 0.3) is 0 Å². The average molecular weight is 273 g/mol. The highest BCUT2D eigenvalue weighted by Crippen LogP contribution is 2.25. The maximum atomic E-state index is 5.82. The van der Waals surface area contributed by atoms with E-state index in [0.29, 0.717) is 4.99 Å². The zero-order chi connectivity index (χ0) is 14.2. The quantitative estimate of drug-likeness (QED) is 0.854. The minimum atomic E-state index is -0.0948. The fourth-order valence-electron chi connectivity index (χ4n) is 1.82. The van der Waals surface area contributed by atoms with Crippen molar-refractivity contribution < 1.29 is 0 Å². The molecule has 2 rings (SSSR count). The number of nitrogens with two attached hydrogens (primary N) is 1. The zero-order valence-electron chi connectivity index (χ0n) is 11.8. The third kappa shape index (κ3) is 2.84. The molecule has 100 valence electrons. The second kappa shape index (κ2) is 4.78. The van der Waals surface area contributed by atoms with Gasteiger partial charge in [-0.3, -0.25) is 4.68 Å². The summed E-state index contributed by atoms with van der Waals surface area (Å²) in [6, 6.07) is 8.22. The van der Waals surface area contributed by atoms with Gasteiger partial charge < -0.3 is 5.73 Å². The number of thiocarbonyl (C=S) groups is 1. The first-order valence-corrected chi connectivity index (χ1v) is 6.67. The Morgan fingerprint density at radius 1 is 1.21 bits per heavy atom. The molecule has 2 aromatic rings. The summed E-state index contributed by atoms with van der Waals surface area (Å²) in [7, 11) is 0. The number of hydrogen-bond acceptors (Lipinski definition) is 2.